The lowest BCUT2D eigenvalue weighted by Gasteiger charge is -2.19. The average Bonchev–Trinajstić information content (AvgIpc) is 3.42. The molecule has 0 spiro atoms. The first-order valence-electron chi connectivity index (χ1n) is 16.3. The number of aryl methyl sites for hydroxylation is 2. The van der Waals surface area contributed by atoms with Gasteiger partial charge in [-0.25, -0.2) is 4.57 Å². The third-order valence-electron chi connectivity index (χ3n) is 7.62. The number of unbranched alkanes of at least 4 members (excludes halogenated alkanes) is 11. The van der Waals surface area contributed by atoms with Crippen molar-refractivity contribution in [2.45, 2.75) is 110 Å². The maximum Gasteiger partial charge on any atom is 0.527 e. The minimum Gasteiger partial charge on any atom is -0.491 e. The largest absolute Gasteiger partial charge is 0.527 e. The van der Waals surface area contributed by atoms with Gasteiger partial charge in [0.05, 0.1) is 11.5 Å². The predicted molar refractivity (Wildman–Crippen MR) is 179 cm³/mol. The summed E-state index contributed by atoms with van der Waals surface area (Å²) in [7, 11) is -2.83. The molecule has 1 aromatic heterocycles. The highest BCUT2D eigenvalue weighted by molar-refractivity contribution is 7.47. The fourth-order valence-electron chi connectivity index (χ4n) is 5.11. The SMILES string of the molecule is CCCCCCCCCCCCCCc1cccc(OCC(COP(=O)(O)Oc2cccc(C[n+]3csc(C)c3)c2)OC)c1. The van der Waals surface area contributed by atoms with Crippen molar-refractivity contribution in [2.24, 2.45) is 0 Å². The maximum absolute atomic E-state index is 12.7. The van der Waals surface area contributed by atoms with Gasteiger partial charge in [0.2, 0.25) is 5.51 Å². The Morgan fingerprint density at radius 3 is 2.09 bits per heavy atom. The summed E-state index contributed by atoms with van der Waals surface area (Å²) in [5, 5.41) is 0. The van der Waals surface area contributed by atoms with Crippen LogP contribution >= 0.6 is 19.2 Å². The first kappa shape index (κ1) is 36.3. The van der Waals surface area contributed by atoms with E-state index in [1.807, 2.05) is 23.7 Å². The molecule has 0 aliphatic rings. The lowest BCUT2D eigenvalue weighted by atomic mass is 10.0. The van der Waals surface area contributed by atoms with Crippen LogP contribution in [-0.2, 0) is 26.8 Å². The van der Waals surface area contributed by atoms with E-state index in [0.29, 0.717) is 6.54 Å². The minimum absolute atomic E-state index is 0.146. The summed E-state index contributed by atoms with van der Waals surface area (Å²) in [5.41, 5.74) is 4.24. The van der Waals surface area contributed by atoms with Crippen molar-refractivity contribution in [3.05, 3.63) is 76.2 Å². The lowest BCUT2D eigenvalue weighted by Crippen LogP contribution is -2.30. The zero-order chi connectivity index (χ0) is 31.5. The number of benzene rings is 2. The fourth-order valence-corrected chi connectivity index (χ4v) is 6.53. The van der Waals surface area contributed by atoms with Gasteiger partial charge in [0, 0.05) is 12.7 Å². The van der Waals surface area contributed by atoms with Crippen molar-refractivity contribution in [1.29, 1.82) is 0 Å². The van der Waals surface area contributed by atoms with Crippen LogP contribution in [0.3, 0.4) is 0 Å². The Balaban J connectivity index is 1.32. The van der Waals surface area contributed by atoms with Crippen LogP contribution in [0, 0.1) is 6.92 Å². The molecule has 2 unspecified atom stereocenters. The second-order valence-electron chi connectivity index (χ2n) is 11.6. The van der Waals surface area contributed by atoms with Crippen LogP contribution in [0.4, 0.5) is 0 Å². The topological polar surface area (TPSA) is 78.1 Å². The van der Waals surface area contributed by atoms with E-state index >= 15 is 0 Å². The number of ether oxygens (including phenoxy) is 2. The maximum atomic E-state index is 12.7. The molecule has 7 nitrogen and oxygen atoms in total. The predicted octanol–water partition coefficient (Wildman–Crippen LogP) is 9.23. The monoisotopic (exact) mass is 646 g/mol. The molecule has 44 heavy (non-hydrogen) atoms. The van der Waals surface area contributed by atoms with Crippen molar-refractivity contribution >= 4 is 19.2 Å². The van der Waals surface area contributed by atoms with Gasteiger partial charge in [0.25, 0.3) is 0 Å². The zero-order valence-corrected chi connectivity index (χ0v) is 28.7. The van der Waals surface area contributed by atoms with Crippen LogP contribution < -0.4 is 13.8 Å². The molecule has 0 saturated heterocycles. The average molecular weight is 647 g/mol. The molecule has 0 fully saturated rings. The number of thiazole rings is 1. The summed E-state index contributed by atoms with van der Waals surface area (Å²) >= 11 is 1.67. The fraction of sp³-hybridized carbons (Fsp3) is 0.571. The molecule has 0 aliphatic heterocycles. The Kier molecular flexibility index (Phi) is 17.1. The Morgan fingerprint density at radius 2 is 1.45 bits per heavy atom. The third kappa shape index (κ3) is 15.2. The van der Waals surface area contributed by atoms with Gasteiger partial charge in [-0.05, 0) is 49.6 Å². The normalized spacial score (nSPS) is 13.5. The summed E-state index contributed by atoms with van der Waals surface area (Å²) < 4.78 is 36.7. The highest BCUT2D eigenvalue weighted by Crippen LogP contribution is 2.44. The van der Waals surface area contributed by atoms with E-state index in [1.165, 1.54) is 94.6 Å². The molecule has 2 aromatic carbocycles. The van der Waals surface area contributed by atoms with Crippen molar-refractivity contribution in [3.63, 3.8) is 0 Å². The van der Waals surface area contributed by atoms with Crippen molar-refractivity contribution < 1.29 is 32.5 Å². The number of nitrogens with zero attached hydrogens (tertiary/aromatic N) is 1. The van der Waals surface area contributed by atoms with Gasteiger partial charge in [0.15, 0.2) is 12.7 Å². The molecule has 0 aliphatic carbocycles. The molecule has 244 valence electrons. The molecule has 2 atom stereocenters. The van der Waals surface area contributed by atoms with Crippen LogP contribution in [0.2, 0.25) is 0 Å². The number of rotatable bonds is 24. The van der Waals surface area contributed by atoms with Gasteiger partial charge in [0.1, 0.15) is 24.2 Å². The van der Waals surface area contributed by atoms with Crippen LogP contribution in [0.25, 0.3) is 0 Å². The highest BCUT2D eigenvalue weighted by Gasteiger charge is 2.26. The van der Waals surface area contributed by atoms with Crippen LogP contribution in [0.1, 0.15) is 100.0 Å². The summed E-state index contributed by atoms with van der Waals surface area (Å²) in [6.07, 6.45) is 18.7. The molecule has 9 heteroatoms. The molecule has 3 aromatic rings. The smallest absolute Gasteiger partial charge is 0.491 e. The van der Waals surface area contributed by atoms with Crippen molar-refractivity contribution in [1.82, 2.24) is 0 Å². The van der Waals surface area contributed by atoms with Crippen LogP contribution in [0.5, 0.6) is 11.5 Å². The number of hydrogen-bond donors (Lipinski definition) is 1. The van der Waals surface area contributed by atoms with Crippen LogP contribution in [0.15, 0.2) is 60.2 Å². The van der Waals surface area contributed by atoms with Crippen LogP contribution in [-0.4, -0.2) is 31.3 Å². The van der Waals surface area contributed by atoms with Gasteiger partial charge < -0.3 is 14.0 Å². The van der Waals surface area contributed by atoms with E-state index < -0.39 is 13.9 Å². The Bertz CT molecular complexity index is 1250. The number of aromatic nitrogens is 1. The van der Waals surface area contributed by atoms with E-state index in [4.69, 9.17) is 18.5 Å². The van der Waals surface area contributed by atoms with Gasteiger partial charge in [-0.15, -0.1) is 0 Å². The lowest BCUT2D eigenvalue weighted by molar-refractivity contribution is -0.683. The molecule has 1 heterocycles. The second-order valence-corrected chi connectivity index (χ2v) is 14.1. The molecular formula is C35H53NO6PS+. The Hall–Kier alpha value is -2.22. The van der Waals surface area contributed by atoms with E-state index in [-0.39, 0.29) is 19.0 Å². The highest BCUT2D eigenvalue weighted by atomic mass is 32.1. The van der Waals surface area contributed by atoms with E-state index in [0.717, 1.165) is 17.7 Å². The van der Waals surface area contributed by atoms with Gasteiger partial charge in [-0.2, -0.15) is 4.57 Å². The summed E-state index contributed by atoms with van der Waals surface area (Å²) in [5.74, 6) is 1.03. The van der Waals surface area contributed by atoms with Crippen molar-refractivity contribution in [3.8, 4) is 11.5 Å². The molecule has 1 N–H and O–H groups in total. The minimum atomic E-state index is -4.36. The number of methoxy groups -OCH3 is 1. The van der Waals surface area contributed by atoms with Gasteiger partial charge in [-0.3, -0.25) is 9.42 Å². The standard InChI is InChI=1S/C35H52NO6PS/c1-4-5-6-7-8-9-10-11-12-13-14-15-18-31-19-16-21-33(23-31)40-27-35(39-3)28-41-43(37,38)42-34-22-17-20-32(24-34)26-36-25-30(2)44-29-36/h16-17,19-25,29,35H,4-15,18,26-28H2,1-3H3/p+1. The zero-order valence-electron chi connectivity index (χ0n) is 27.0. The van der Waals surface area contributed by atoms with E-state index in [1.54, 1.807) is 29.5 Å². The summed E-state index contributed by atoms with van der Waals surface area (Å²) in [4.78, 5) is 11.6. The Labute approximate surface area is 269 Å². The first-order chi connectivity index (χ1) is 21.4. The molecule has 3 rings (SSSR count). The molecule has 0 radical (unpaired) electrons. The second kappa shape index (κ2) is 20.7. The molecule has 0 saturated carbocycles. The van der Waals surface area contributed by atoms with Gasteiger partial charge in [-0.1, -0.05) is 113 Å². The summed E-state index contributed by atoms with van der Waals surface area (Å²) in [6.45, 7) is 5.00. The molecule has 0 bridgehead atoms. The molecule has 0 amide bonds. The van der Waals surface area contributed by atoms with E-state index in [9.17, 15) is 9.46 Å². The first-order valence-corrected chi connectivity index (χ1v) is 18.7. The number of hydrogen-bond acceptors (Lipinski definition) is 6. The Morgan fingerprint density at radius 1 is 0.841 bits per heavy atom. The quantitative estimate of drug-likeness (QED) is 0.0594. The van der Waals surface area contributed by atoms with Crippen molar-refractivity contribution in [2.75, 3.05) is 20.3 Å². The van der Waals surface area contributed by atoms with E-state index in [2.05, 4.69) is 36.7 Å². The number of phosphoric ester groups is 1. The summed E-state index contributed by atoms with van der Waals surface area (Å²) in [6, 6.07) is 15.2. The molecular weight excluding hydrogens is 593 g/mol. The van der Waals surface area contributed by atoms with Gasteiger partial charge >= 0.3 is 7.82 Å². The number of phosphoric acid groups is 1. The third-order valence-corrected chi connectivity index (χ3v) is 9.39.